The summed E-state index contributed by atoms with van der Waals surface area (Å²) in [5.41, 5.74) is 7.38. The molecular formula is C18H14BrN3O2. The molecule has 0 aliphatic heterocycles. The molecule has 1 saturated carbocycles. The maximum atomic E-state index is 12.8. The number of hydrogen-bond acceptors (Lipinski definition) is 3. The van der Waals surface area contributed by atoms with Crippen LogP contribution in [0.25, 0.3) is 16.7 Å². The van der Waals surface area contributed by atoms with E-state index in [9.17, 15) is 9.59 Å². The second-order valence-corrected chi connectivity index (χ2v) is 6.83. The van der Waals surface area contributed by atoms with E-state index in [0.717, 1.165) is 23.0 Å². The molecule has 1 aliphatic rings. The third-order valence-corrected chi connectivity index (χ3v) is 4.74. The summed E-state index contributed by atoms with van der Waals surface area (Å²) in [5, 5.41) is 0.399. The van der Waals surface area contributed by atoms with Crippen LogP contribution in [0.2, 0.25) is 0 Å². The van der Waals surface area contributed by atoms with Gasteiger partial charge in [-0.15, -0.1) is 0 Å². The van der Waals surface area contributed by atoms with E-state index < -0.39 is 5.91 Å². The minimum atomic E-state index is -0.684. The molecule has 4 rings (SSSR count). The molecule has 0 radical (unpaired) electrons. The standard InChI is InChI=1S/C18H14BrN3O2/c19-11-3-1-4-12(9-11)22-15(10-6-7-10)14(17(20)24)16(23)13-5-2-8-21-18(13)22/h1-5,8-10H,6-7H2,(H2,20,24). The highest BCUT2D eigenvalue weighted by atomic mass is 79.9. The zero-order valence-corrected chi connectivity index (χ0v) is 14.3. The van der Waals surface area contributed by atoms with Gasteiger partial charge in [0.25, 0.3) is 5.91 Å². The van der Waals surface area contributed by atoms with Crippen LogP contribution < -0.4 is 11.2 Å². The van der Waals surface area contributed by atoms with E-state index >= 15 is 0 Å². The summed E-state index contributed by atoms with van der Waals surface area (Å²) < 4.78 is 2.81. The highest BCUT2D eigenvalue weighted by molar-refractivity contribution is 9.10. The molecule has 0 saturated heterocycles. The molecule has 1 fully saturated rings. The number of aromatic nitrogens is 2. The lowest BCUT2D eigenvalue weighted by Gasteiger charge is -2.19. The average molecular weight is 384 g/mol. The summed E-state index contributed by atoms with van der Waals surface area (Å²) in [5.74, 6) is -0.526. The molecule has 1 amide bonds. The number of pyridine rings is 2. The Hall–Kier alpha value is -2.47. The highest BCUT2D eigenvalue weighted by Crippen LogP contribution is 2.42. The normalized spacial score (nSPS) is 14.0. The van der Waals surface area contributed by atoms with Crippen molar-refractivity contribution >= 4 is 32.9 Å². The molecular weight excluding hydrogens is 370 g/mol. The summed E-state index contributed by atoms with van der Waals surface area (Å²) in [6.45, 7) is 0. The number of nitrogens with zero attached hydrogens (tertiary/aromatic N) is 2. The fourth-order valence-corrected chi connectivity index (χ4v) is 3.47. The lowest BCUT2D eigenvalue weighted by atomic mass is 10.0. The number of carbonyl (C=O) groups excluding carboxylic acids is 1. The summed E-state index contributed by atoms with van der Waals surface area (Å²) >= 11 is 3.48. The topological polar surface area (TPSA) is 78.0 Å². The molecule has 1 aromatic carbocycles. The summed E-state index contributed by atoms with van der Waals surface area (Å²) in [7, 11) is 0. The molecule has 0 unspecified atom stereocenters. The summed E-state index contributed by atoms with van der Waals surface area (Å²) in [6, 6.07) is 11.1. The Morgan fingerprint density at radius 3 is 2.71 bits per heavy atom. The van der Waals surface area contributed by atoms with E-state index in [-0.39, 0.29) is 16.9 Å². The van der Waals surface area contributed by atoms with Crippen LogP contribution in [0.5, 0.6) is 0 Å². The Kier molecular flexibility index (Phi) is 3.49. The quantitative estimate of drug-likeness (QED) is 0.754. The lowest BCUT2D eigenvalue weighted by Crippen LogP contribution is -2.28. The van der Waals surface area contributed by atoms with Crippen molar-refractivity contribution in [2.45, 2.75) is 18.8 Å². The maximum absolute atomic E-state index is 12.8. The molecule has 2 aromatic heterocycles. The van der Waals surface area contributed by atoms with Crippen molar-refractivity contribution in [3.05, 3.63) is 68.5 Å². The van der Waals surface area contributed by atoms with Crippen LogP contribution in [0.15, 0.2) is 51.9 Å². The largest absolute Gasteiger partial charge is 0.365 e. The van der Waals surface area contributed by atoms with Crippen LogP contribution in [0, 0.1) is 0 Å². The van der Waals surface area contributed by atoms with Crippen LogP contribution in [0.1, 0.15) is 34.8 Å². The van der Waals surface area contributed by atoms with Crippen LogP contribution in [0.3, 0.4) is 0 Å². The van der Waals surface area contributed by atoms with Crippen molar-refractivity contribution in [2.75, 3.05) is 0 Å². The van der Waals surface area contributed by atoms with Gasteiger partial charge in [-0.3, -0.25) is 14.2 Å². The van der Waals surface area contributed by atoms with Gasteiger partial charge in [0.15, 0.2) is 0 Å². The van der Waals surface area contributed by atoms with Crippen LogP contribution in [0.4, 0.5) is 0 Å². The number of nitrogens with two attached hydrogens (primary N) is 1. The third kappa shape index (κ3) is 2.34. The fourth-order valence-electron chi connectivity index (χ4n) is 3.09. The number of halogens is 1. The summed E-state index contributed by atoms with van der Waals surface area (Å²) in [4.78, 5) is 29.3. The molecule has 6 heteroatoms. The number of hydrogen-bond donors (Lipinski definition) is 1. The van der Waals surface area contributed by atoms with Gasteiger partial charge < -0.3 is 5.73 Å². The van der Waals surface area contributed by atoms with Gasteiger partial charge in [0.1, 0.15) is 11.2 Å². The molecule has 0 atom stereocenters. The maximum Gasteiger partial charge on any atom is 0.254 e. The fraction of sp³-hybridized carbons (Fsp3) is 0.167. The Balaban J connectivity index is 2.22. The van der Waals surface area contributed by atoms with Crippen LogP contribution >= 0.6 is 15.9 Å². The SMILES string of the molecule is NC(=O)c1c(C2CC2)n(-c2cccc(Br)c2)c2ncccc2c1=O. The zero-order chi connectivity index (χ0) is 16.8. The molecule has 24 heavy (non-hydrogen) atoms. The van der Waals surface area contributed by atoms with E-state index in [1.54, 1.807) is 18.3 Å². The lowest BCUT2D eigenvalue weighted by molar-refractivity contribution is 0.0998. The first-order chi connectivity index (χ1) is 11.6. The minimum Gasteiger partial charge on any atom is -0.365 e. The summed E-state index contributed by atoms with van der Waals surface area (Å²) in [6.07, 6.45) is 3.52. The van der Waals surface area contributed by atoms with Crippen molar-refractivity contribution in [3.8, 4) is 5.69 Å². The molecule has 2 heterocycles. The van der Waals surface area contributed by atoms with E-state index in [2.05, 4.69) is 20.9 Å². The third-order valence-electron chi connectivity index (χ3n) is 4.24. The molecule has 0 bridgehead atoms. The predicted octanol–water partition coefficient (Wildman–Crippen LogP) is 3.12. The van der Waals surface area contributed by atoms with Gasteiger partial charge in [0, 0.05) is 28.0 Å². The van der Waals surface area contributed by atoms with Gasteiger partial charge in [-0.25, -0.2) is 4.98 Å². The molecule has 5 nitrogen and oxygen atoms in total. The van der Waals surface area contributed by atoms with Gasteiger partial charge in [-0.05, 0) is 43.2 Å². The molecule has 1 aliphatic carbocycles. The minimum absolute atomic E-state index is 0.0815. The van der Waals surface area contributed by atoms with Crippen molar-refractivity contribution in [1.29, 1.82) is 0 Å². The molecule has 3 aromatic rings. The number of primary amides is 1. The predicted molar refractivity (Wildman–Crippen MR) is 95.5 cm³/mol. The van der Waals surface area contributed by atoms with E-state index in [1.165, 1.54) is 0 Å². The van der Waals surface area contributed by atoms with E-state index in [1.807, 2.05) is 28.8 Å². The second kappa shape index (κ2) is 5.56. The smallest absolute Gasteiger partial charge is 0.254 e. The highest BCUT2D eigenvalue weighted by Gasteiger charge is 2.34. The van der Waals surface area contributed by atoms with Crippen molar-refractivity contribution in [1.82, 2.24) is 9.55 Å². The Morgan fingerprint density at radius 1 is 1.25 bits per heavy atom. The zero-order valence-electron chi connectivity index (χ0n) is 12.7. The second-order valence-electron chi connectivity index (χ2n) is 5.92. The first kappa shape index (κ1) is 15.1. The Bertz CT molecular complexity index is 1040. The molecule has 2 N–H and O–H groups in total. The van der Waals surface area contributed by atoms with Gasteiger partial charge in [-0.1, -0.05) is 22.0 Å². The first-order valence-electron chi connectivity index (χ1n) is 7.67. The van der Waals surface area contributed by atoms with Crippen LogP contribution in [-0.4, -0.2) is 15.5 Å². The van der Waals surface area contributed by atoms with Gasteiger partial charge in [0.05, 0.1) is 5.39 Å². The number of fused-ring (bicyclic) bond motifs is 1. The van der Waals surface area contributed by atoms with Gasteiger partial charge in [-0.2, -0.15) is 0 Å². The monoisotopic (exact) mass is 383 g/mol. The molecule has 0 spiro atoms. The number of rotatable bonds is 3. The number of benzene rings is 1. The number of carbonyl (C=O) groups is 1. The van der Waals surface area contributed by atoms with Crippen molar-refractivity contribution in [3.63, 3.8) is 0 Å². The molecule has 120 valence electrons. The van der Waals surface area contributed by atoms with Gasteiger partial charge >= 0.3 is 0 Å². The van der Waals surface area contributed by atoms with Gasteiger partial charge in [0.2, 0.25) is 5.43 Å². The van der Waals surface area contributed by atoms with Crippen molar-refractivity contribution < 1.29 is 4.79 Å². The Labute approximate surface area is 146 Å². The number of amides is 1. The Morgan fingerprint density at radius 2 is 2.04 bits per heavy atom. The first-order valence-corrected chi connectivity index (χ1v) is 8.46. The van der Waals surface area contributed by atoms with E-state index in [0.29, 0.717) is 16.7 Å². The average Bonchev–Trinajstić information content (AvgIpc) is 3.39. The van der Waals surface area contributed by atoms with Crippen molar-refractivity contribution in [2.24, 2.45) is 5.73 Å². The van der Waals surface area contributed by atoms with Crippen LogP contribution in [-0.2, 0) is 0 Å². The van der Waals surface area contributed by atoms with E-state index in [4.69, 9.17) is 5.73 Å².